The van der Waals surface area contributed by atoms with E-state index in [-0.39, 0.29) is 36.1 Å². The molecule has 2 aliphatic carbocycles. The number of carbonyl (C=O) groups is 2. The zero-order valence-corrected chi connectivity index (χ0v) is 15.4. The topological polar surface area (TPSA) is 78.7 Å². The summed E-state index contributed by atoms with van der Waals surface area (Å²) in [6.45, 7) is 2.91. The number of nitrogens with two attached hydrogens (primary N) is 1. The van der Waals surface area contributed by atoms with Crippen LogP contribution in [0.2, 0.25) is 0 Å². The smallest absolute Gasteiger partial charge is 0.238 e. The number of carbonyl (C=O) groups excluding carboxylic acids is 2. The van der Waals surface area contributed by atoms with E-state index in [1.54, 1.807) is 12.1 Å². The Morgan fingerprint density at radius 2 is 1.74 bits per heavy atom. The van der Waals surface area contributed by atoms with E-state index in [4.69, 9.17) is 5.73 Å². The molecule has 6 nitrogen and oxygen atoms in total. The second kappa shape index (κ2) is 7.56. The molecule has 3 fully saturated rings. The molecule has 7 heteroatoms. The number of amides is 2. The molecular weight excluding hydrogens is 347 g/mol. The van der Waals surface area contributed by atoms with Crippen LogP contribution in [0.5, 0.6) is 0 Å². The zero-order chi connectivity index (χ0) is 19.0. The first-order chi connectivity index (χ1) is 13.0. The van der Waals surface area contributed by atoms with E-state index in [2.05, 4.69) is 5.32 Å². The second-order valence-corrected chi connectivity index (χ2v) is 8.09. The van der Waals surface area contributed by atoms with Crippen molar-refractivity contribution in [3.8, 4) is 0 Å². The number of hydrogen-bond acceptors (Lipinski definition) is 4. The summed E-state index contributed by atoms with van der Waals surface area (Å²) < 4.78 is 12.9. The van der Waals surface area contributed by atoms with Gasteiger partial charge in [0.2, 0.25) is 11.8 Å². The van der Waals surface area contributed by atoms with Gasteiger partial charge in [0.05, 0.1) is 12.5 Å². The number of benzene rings is 1. The predicted octanol–water partition coefficient (Wildman–Crippen LogP) is 1.28. The lowest BCUT2D eigenvalue weighted by Crippen LogP contribution is -2.54. The Balaban J connectivity index is 1.24. The molecule has 1 aliphatic heterocycles. The van der Waals surface area contributed by atoms with Gasteiger partial charge in [-0.05, 0) is 55.4 Å². The average Bonchev–Trinajstić information content (AvgIpc) is 3.25. The maximum atomic E-state index is 12.9. The van der Waals surface area contributed by atoms with Crippen LogP contribution in [0.4, 0.5) is 10.1 Å². The van der Waals surface area contributed by atoms with E-state index in [0.29, 0.717) is 43.7 Å². The Hall–Kier alpha value is -1.99. The molecule has 3 N–H and O–H groups in total. The van der Waals surface area contributed by atoms with Gasteiger partial charge in [0, 0.05) is 37.9 Å². The first-order valence-corrected chi connectivity index (χ1v) is 9.83. The van der Waals surface area contributed by atoms with Crippen molar-refractivity contribution in [1.29, 1.82) is 0 Å². The number of nitrogens with one attached hydrogen (secondary N) is 1. The van der Waals surface area contributed by atoms with Crippen LogP contribution in [0.1, 0.15) is 19.3 Å². The largest absolute Gasteiger partial charge is 0.340 e. The Morgan fingerprint density at radius 1 is 1.07 bits per heavy atom. The van der Waals surface area contributed by atoms with E-state index >= 15 is 0 Å². The Morgan fingerprint density at radius 3 is 2.37 bits per heavy atom. The molecule has 27 heavy (non-hydrogen) atoms. The molecule has 0 radical (unpaired) electrons. The number of fused-ring (bicyclic) bond motifs is 2. The lowest BCUT2D eigenvalue weighted by atomic mass is 9.84. The van der Waals surface area contributed by atoms with Crippen molar-refractivity contribution in [3.05, 3.63) is 30.1 Å². The highest BCUT2D eigenvalue weighted by Crippen LogP contribution is 2.48. The van der Waals surface area contributed by atoms with E-state index in [1.807, 2.05) is 9.80 Å². The summed E-state index contributed by atoms with van der Waals surface area (Å²) in [4.78, 5) is 29.1. The fourth-order valence-electron chi connectivity index (χ4n) is 4.98. The maximum absolute atomic E-state index is 12.9. The van der Waals surface area contributed by atoms with Gasteiger partial charge in [0.15, 0.2) is 0 Å². The summed E-state index contributed by atoms with van der Waals surface area (Å²) in [6, 6.07) is 5.75. The van der Waals surface area contributed by atoms with Gasteiger partial charge < -0.3 is 16.0 Å². The summed E-state index contributed by atoms with van der Waals surface area (Å²) in [6.07, 6.45) is 3.42. The van der Waals surface area contributed by atoms with E-state index in [9.17, 15) is 14.0 Å². The predicted molar refractivity (Wildman–Crippen MR) is 100 cm³/mol. The van der Waals surface area contributed by atoms with Gasteiger partial charge in [-0.15, -0.1) is 0 Å². The van der Waals surface area contributed by atoms with Crippen LogP contribution in [-0.4, -0.2) is 60.4 Å². The van der Waals surface area contributed by atoms with Crippen LogP contribution in [0.15, 0.2) is 24.3 Å². The zero-order valence-electron chi connectivity index (χ0n) is 15.4. The number of halogens is 1. The molecule has 4 rings (SSSR count). The summed E-state index contributed by atoms with van der Waals surface area (Å²) in [5.74, 6) is 0.750. The van der Waals surface area contributed by atoms with Crippen molar-refractivity contribution < 1.29 is 14.0 Å². The lowest BCUT2D eigenvalue weighted by Gasteiger charge is -2.38. The number of piperazine rings is 1. The summed E-state index contributed by atoms with van der Waals surface area (Å²) in [5.41, 5.74) is 6.90. The Kier molecular flexibility index (Phi) is 5.14. The first kappa shape index (κ1) is 18.4. The molecule has 2 amide bonds. The second-order valence-electron chi connectivity index (χ2n) is 8.09. The van der Waals surface area contributed by atoms with Crippen molar-refractivity contribution in [2.24, 2.45) is 23.5 Å². The fourth-order valence-corrected chi connectivity index (χ4v) is 4.98. The summed E-state index contributed by atoms with van der Waals surface area (Å²) in [5, 5.41) is 2.77. The normalized spacial score (nSPS) is 30.5. The minimum Gasteiger partial charge on any atom is -0.340 e. The van der Waals surface area contributed by atoms with Gasteiger partial charge in [-0.2, -0.15) is 0 Å². The van der Waals surface area contributed by atoms with Crippen molar-refractivity contribution in [2.45, 2.75) is 25.3 Å². The van der Waals surface area contributed by atoms with Crippen LogP contribution >= 0.6 is 0 Å². The standard InChI is InChI=1S/C20H27FN4O2/c21-15-3-5-16(6-4-15)23-17(26)12-24-7-9-25(10-8-24)20(27)18-13-1-2-14(11-13)19(18)22/h3-6,13-14,18-19H,1-2,7-12,22H2,(H,23,26). The molecule has 0 spiro atoms. The monoisotopic (exact) mass is 374 g/mol. The van der Waals surface area contributed by atoms with Gasteiger partial charge >= 0.3 is 0 Å². The van der Waals surface area contributed by atoms with Crippen LogP contribution in [0.25, 0.3) is 0 Å². The molecule has 2 saturated carbocycles. The van der Waals surface area contributed by atoms with Gasteiger partial charge in [-0.25, -0.2) is 4.39 Å². The minimum absolute atomic E-state index is 0.00271. The molecule has 1 aromatic carbocycles. The maximum Gasteiger partial charge on any atom is 0.238 e. The van der Waals surface area contributed by atoms with Crippen molar-refractivity contribution in [2.75, 3.05) is 38.0 Å². The van der Waals surface area contributed by atoms with Crippen LogP contribution in [-0.2, 0) is 9.59 Å². The third-order valence-corrected chi connectivity index (χ3v) is 6.44. The molecule has 2 bridgehead atoms. The highest BCUT2D eigenvalue weighted by atomic mass is 19.1. The third kappa shape index (κ3) is 3.84. The number of nitrogens with zero attached hydrogens (tertiary/aromatic N) is 2. The molecule has 1 saturated heterocycles. The van der Waals surface area contributed by atoms with Crippen molar-refractivity contribution >= 4 is 17.5 Å². The molecule has 0 aromatic heterocycles. The molecule has 146 valence electrons. The van der Waals surface area contributed by atoms with Crippen molar-refractivity contribution in [3.63, 3.8) is 0 Å². The van der Waals surface area contributed by atoms with Crippen LogP contribution < -0.4 is 11.1 Å². The fraction of sp³-hybridized carbons (Fsp3) is 0.600. The van der Waals surface area contributed by atoms with Gasteiger partial charge in [-0.3, -0.25) is 14.5 Å². The van der Waals surface area contributed by atoms with E-state index < -0.39 is 0 Å². The van der Waals surface area contributed by atoms with Gasteiger partial charge in [-0.1, -0.05) is 0 Å². The molecule has 1 aromatic rings. The third-order valence-electron chi connectivity index (χ3n) is 6.44. The number of hydrogen-bond donors (Lipinski definition) is 2. The number of rotatable bonds is 4. The lowest BCUT2D eigenvalue weighted by molar-refractivity contribution is -0.139. The molecular formula is C20H27FN4O2. The minimum atomic E-state index is -0.330. The Labute approximate surface area is 158 Å². The van der Waals surface area contributed by atoms with Crippen molar-refractivity contribution in [1.82, 2.24) is 9.80 Å². The SMILES string of the molecule is NC1C2CCC(C2)C1C(=O)N1CCN(CC(=O)Nc2ccc(F)cc2)CC1. The average molecular weight is 374 g/mol. The molecule has 1 heterocycles. The van der Waals surface area contributed by atoms with E-state index in [1.165, 1.54) is 18.6 Å². The highest BCUT2D eigenvalue weighted by Gasteiger charge is 2.50. The van der Waals surface area contributed by atoms with Gasteiger partial charge in [0.25, 0.3) is 0 Å². The Bertz CT molecular complexity index is 700. The summed E-state index contributed by atoms with van der Waals surface area (Å²) in [7, 11) is 0. The van der Waals surface area contributed by atoms with E-state index in [0.717, 1.165) is 12.8 Å². The van der Waals surface area contributed by atoms with Crippen LogP contribution in [0, 0.1) is 23.6 Å². The number of anilines is 1. The first-order valence-electron chi connectivity index (χ1n) is 9.83. The van der Waals surface area contributed by atoms with Crippen LogP contribution in [0.3, 0.4) is 0 Å². The highest BCUT2D eigenvalue weighted by molar-refractivity contribution is 5.92. The van der Waals surface area contributed by atoms with Gasteiger partial charge in [0.1, 0.15) is 5.82 Å². The quantitative estimate of drug-likeness (QED) is 0.832. The molecule has 4 atom stereocenters. The molecule has 4 unspecified atom stereocenters. The molecule has 3 aliphatic rings. The summed E-state index contributed by atoms with van der Waals surface area (Å²) >= 11 is 0.